The molecule has 1 aromatic rings. The number of amides is 1. The molecule has 1 N–H and O–H groups in total. The summed E-state index contributed by atoms with van der Waals surface area (Å²) >= 11 is 1.57. The molecule has 0 radical (unpaired) electrons. The zero-order valence-corrected chi connectivity index (χ0v) is 9.42. The Hall–Kier alpha value is -1.20. The predicted octanol–water partition coefficient (Wildman–Crippen LogP) is 1.62. The van der Waals surface area contributed by atoms with Gasteiger partial charge in [0.1, 0.15) is 0 Å². The third-order valence-corrected chi connectivity index (χ3v) is 2.41. The first-order valence-corrected chi connectivity index (χ1v) is 5.64. The Bertz CT molecular complexity index is 309. The molecule has 0 aromatic carbocycles. The summed E-state index contributed by atoms with van der Waals surface area (Å²) < 4.78 is 5.05. The number of carbonyl (C=O) groups excluding carboxylic acids is 1. The average molecular weight is 226 g/mol. The maximum atomic E-state index is 11.1. The molecule has 1 rings (SSSR count). The molecule has 0 aliphatic heterocycles. The maximum absolute atomic E-state index is 11.1. The van der Waals surface area contributed by atoms with Crippen LogP contribution in [0.15, 0.2) is 22.6 Å². The van der Waals surface area contributed by atoms with E-state index in [0.29, 0.717) is 19.6 Å². The lowest BCUT2D eigenvalue weighted by Crippen LogP contribution is -2.19. The van der Waals surface area contributed by atoms with Crippen LogP contribution in [0, 0.1) is 0 Å². The Balaban J connectivity index is 2.16. The largest absolute Gasteiger partial charge is 0.381 e. The number of hydrogen-bond donors (Lipinski definition) is 1. The van der Waals surface area contributed by atoms with Crippen molar-refractivity contribution in [3.63, 3.8) is 0 Å². The van der Waals surface area contributed by atoms with Crippen molar-refractivity contribution in [3.8, 4) is 0 Å². The second-order valence-corrected chi connectivity index (χ2v) is 3.73. The van der Waals surface area contributed by atoms with Gasteiger partial charge in [-0.2, -0.15) is 5.10 Å². The molecule has 0 spiro atoms. The van der Waals surface area contributed by atoms with E-state index in [-0.39, 0.29) is 5.91 Å². The molecule has 1 amide bonds. The van der Waals surface area contributed by atoms with Crippen LogP contribution in [0.4, 0.5) is 0 Å². The van der Waals surface area contributed by atoms with Gasteiger partial charge in [-0.25, -0.2) is 5.43 Å². The van der Waals surface area contributed by atoms with E-state index in [1.54, 1.807) is 17.6 Å². The first-order chi connectivity index (χ1) is 7.33. The topological polar surface area (TPSA) is 50.7 Å². The third kappa shape index (κ3) is 5.29. The molecule has 0 unspecified atom stereocenters. The van der Waals surface area contributed by atoms with Gasteiger partial charge in [-0.3, -0.25) is 4.79 Å². The number of thiophene rings is 1. The van der Waals surface area contributed by atoms with Gasteiger partial charge < -0.3 is 4.74 Å². The average Bonchev–Trinajstić information content (AvgIpc) is 2.71. The third-order valence-electron chi connectivity index (χ3n) is 1.60. The highest BCUT2D eigenvalue weighted by Gasteiger charge is 1.97. The van der Waals surface area contributed by atoms with Gasteiger partial charge in [0.05, 0.1) is 19.2 Å². The summed E-state index contributed by atoms with van der Waals surface area (Å²) in [5, 5.41) is 5.78. The Morgan fingerprint density at radius 3 is 3.27 bits per heavy atom. The molecule has 0 atom stereocenters. The van der Waals surface area contributed by atoms with Crippen LogP contribution >= 0.6 is 11.3 Å². The Morgan fingerprint density at radius 1 is 1.73 bits per heavy atom. The summed E-state index contributed by atoms with van der Waals surface area (Å²) in [6.07, 6.45) is 1.97. The molecular weight excluding hydrogens is 212 g/mol. The molecular formula is C10H14N2O2S. The number of hydrogen-bond acceptors (Lipinski definition) is 4. The van der Waals surface area contributed by atoms with Gasteiger partial charge in [-0.1, -0.05) is 6.07 Å². The minimum absolute atomic E-state index is 0.128. The van der Waals surface area contributed by atoms with Crippen molar-refractivity contribution in [1.82, 2.24) is 5.43 Å². The van der Waals surface area contributed by atoms with E-state index in [2.05, 4.69) is 10.5 Å². The van der Waals surface area contributed by atoms with E-state index in [9.17, 15) is 4.79 Å². The predicted molar refractivity (Wildman–Crippen MR) is 61.2 cm³/mol. The van der Waals surface area contributed by atoms with Crippen LogP contribution in [-0.4, -0.2) is 25.3 Å². The molecule has 1 aromatic heterocycles. The van der Waals surface area contributed by atoms with Gasteiger partial charge in [0.2, 0.25) is 5.91 Å². The van der Waals surface area contributed by atoms with Gasteiger partial charge in [-0.05, 0) is 18.4 Å². The van der Waals surface area contributed by atoms with Crippen LogP contribution in [0.25, 0.3) is 0 Å². The van der Waals surface area contributed by atoms with E-state index in [4.69, 9.17) is 4.74 Å². The first kappa shape index (κ1) is 11.9. The van der Waals surface area contributed by atoms with E-state index in [0.717, 1.165) is 4.88 Å². The number of nitrogens with zero attached hydrogens (tertiary/aromatic N) is 1. The normalized spacial score (nSPS) is 10.7. The second kappa shape index (κ2) is 7.14. The first-order valence-electron chi connectivity index (χ1n) is 4.76. The molecule has 0 saturated heterocycles. The summed E-state index contributed by atoms with van der Waals surface area (Å²) in [5.74, 6) is -0.128. The molecule has 4 nitrogen and oxygen atoms in total. The number of rotatable bonds is 6. The Kier molecular flexibility index (Phi) is 5.65. The number of ether oxygens (including phenoxy) is 1. The maximum Gasteiger partial charge on any atom is 0.242 e. The molecule has 1 heterocycles. The molecule has 0 aliphatic carbocycles. The van der Waals surface area contributed by atoms with Gasteiger partial charge >= 0.3 is 0 Å². The molecule has 82 valence electrons. The highest BCUT2D eigenvalue weighted by Crippen LogP contribution is 2.03. The van der Waals surface area contributed by atoms with E-state index in [1.165, 1.54) is 0 Å². The van der Waals surface area contributed by atoms with Gasteiger partial charge in [0.25, 0.3) is 0 Å². The van der Waals surface area contributed by atoms with Gasteiger partial charge in [-0.15, -0.1) is 11.3 Å². The number of hydrazone groups is 1. The van der Waals surface area contributed by atoms with Crippen molar-refractivity contribution >= 4 is 23.5 Å². The lowest BCUT2D eigenvalue weighted by Gasteiger charge is -1.99. The molecule has 15 heavy (non-hydrogen) atoms. The van der Waals surface area contributed by atoms with Crippen molar-refractivity contribution in [1.29, 1.82) is 0 Å². The fraction of sp³-hybridized carbons (Fsp3) is 0.400. The summed E-state index contributed by atoms with van der Waals surface area (Å²) in [6.45, 7) is 2.97. The minimum Gasteiger partial charge on any atom is -0.381 e. The van der Waals surface area contributed by atoms with Crippen LogP contribution in [-0.2, 0) is 9.53 Å². The monoisotopic (exact) mass is 226 g/mol. The van der Waals surface area contributed by atoms with Crippen LogP contribution in [0.5, 0.6) is 0 Å². The standard InChI is InChI=1S/C10H14N2O2S/c1-2-14-6-5-10(13)12-11-8-9-4-3-7-15-9/h3-4,7-8H,2,5-6H2,1H3,(H,12,13)/b11-8+. The lowest BCUT2D eigenvalue weighted by molar-refractivity contribution is -0.122. The molecule has 0 saturated carbocycles. The number of nitrogens with one attached hydrogen (secondary N) is 1. The highest BCUT2D eigenvalue weighted by atomic mass is 32.1. The quantitative estimate of drug-likeness (QED) is 0.455. The Labute approximate surface area is 93.0 Å². The Morgan fingerprint density at radius 2 is 2.60 bits per heavy atom. The van der Waals surface area contributed by atoms with Crippen LogP contribution in [0.3, 0.4) is 0 Å². The second-order valence-electron chi connectivity index (χ2n) is 2.76. The summed E-state index contributed by atoms with van der Waals surface area (Å²) in [7, 11) is 0. The fourth-order valence-electron chi connectivity index (χ4n) is 0.898. The summed E-state index contributed by atoms with van der Waals surface area (Å²) in [4.78, 5) is 12.2. The molecule has 0 fully saturated rings. The zero-order valence-electron chi connectivity index (χ0n) is 8.60. The lowest BCUT2D eigenvalue weighted by atomic mass is 10.4. The molecule has 5 heteroatoms. The fourth-order valence-corrected chi connectivity index (χ4v) is 1.48. The van der Waals surface area contributed by atoms with Gasteiger partial charge in [0.15, 0.2) is 0 Å². The SMILES string of the molecule is CCOCCC(=O)N/N=C/c1cccs1. The van der Waals surface area contributed by atoms with Crippen molar-refractivity contribution in [2.24, 2.45) is 5.10 Å². The van der Waals surface area contributed by atoms with Crippen LogP contribution in [0.2, 0.25) is 0 Å². The summed E-state index contributed by atoms with van der Waals surface area (Å²) in [5.41, 5.74) is 2.44. The molecule has 0 aliphatic rings. The smallest absolute Gasteiger partial charge is 0.242 e. The molecule has 0 bridgehead atoms. The number of carbonyl (C=O) groups is 1. The van der Waals surface area contributed by atoms with Crippen molar-refractivity contribution < 1.29 is 9.53 Å². The van der Waals surface area contributed by atoms with E-state index >= 15 is 0 Å². The van der Waals surface area contributed by atoms with E-state index < -0.39 is 0 Å². The van der Waals surface area contributed by atoms with Crippen LogP contribution < -0.4 is 5.43 Å². The van der Waals surface area contributed by atoms with Crippen LogP contribution in [0.1, 0.15) is 18.2 Å². The van der Waals surface area contributed by atoms with Crippen molar-refractivity contribution in [3.05, 3.63) is 22.4 Å². The minimum atomic E-state index is -0.128. The zero-order chi connectivity index (χ0) is 10.9. The van der Waals surface area contributed by atoms with E-state index in [1.807, 2.05) is 24.4 Å². The summed E-state index contributed by atoms with van der Waals surface area (Å²) in [6, 6.07) is 3.86. The van der Waals surface area contributed by atoms with Crippen molar-refractivity contribution in [2.75, 3.05) is 13.2 Å². The van der Waals surface area contributed by atoms with Gasteiger partial charge in [0, 0.05) is 11.5 Å². The highest BCUT2D eigenvalue weighted by molar-refractivity contribution is 7.11. The van der Waals surface area contributed by atoms with Crippen molar-refractivity contribution in [2.45, 2.75) is 13.3 Å².